The van der Waals surface area contributed by atoms with E-state index < -0.39 is 0 Å². The lowest BCUT2D eigenvalue weighted by atomic mass is 10.4. The number of anilines is 2. The normalized spacial score (nSPS) is 10.6. The van der Waals surface area contributed by atoms with Crippen LogP contribution in [0.2, 0.25) is 0 Å². The Labute approximate surface area is 101 Å². The average molecular weight is 241 g/mol. The molecule has 0 unspecified atom stereocenters. The van der Waals surface area contributed by atoms with Gasteiger partial charge in [0.05, 0.1) is 0 Å². The van der Waals surface area contributed by atoms with Crippen molar-refractivity contribution in [3.05, 3.63) is 4.77 Å². The molecule has 90 valence electrons. The lowest BCUT2D eigenvalue weighted by Crippen LogP contribution is -2.25. The van der Waals surface area contributed by atoms with Crippen LogP contribution in [-0.2, 0) is 0 Å². The number of aromatic amines is 1. The summed E-state index contributed by atoms with van der Waals surface area (Å²) in [5.41, 5.74) is 0. The standard InChI is InChI=1S/C10H19N5S/c1-5-15(6-2)9-12-8(11-7(3)4)13-10(16)14-9/h7H,5-6H2,1-4H3,(H2,11,12,13,14,16). The molecule has 0 spiro atoms. The fourth-order valence-electron chi connectivity index (χ4n) is 1.39. The molecule has 0 fully saturated rings. The van der Waals surface area contributed by atoms with Crippen LogP contribution in [-0.4, -0.2) is 34.1 Å². The summed E-state index contributed by atoms with van der Waals surface area (Å²) < 4.78 is 0.365. The van der Waals surface area contributed by atoms with Gasteiger partial charge in [0.25, 0.3) is 0 Å². The highest BCUT2D eigenvalue weighted by Crippen LogP contribution is 2.09. The molecule has 1 aromatic rings. The highest BCUT2D eigenvalue weighted by Gasteiger charge is 2.06. The Morgan fingerprint density at radius 2 is 1.94 bits per heavy atom. The largest absolute Gasteiger partial charge is 0.353 e. The monoisotopic (exact) mass is 241 g/mol. The highest BCUT2D eigenvalue weighted by atomic mass is 32.1. The second-order valence-electron chi connectivity index (χ2n) is 3.77. The first-order valence-electron chi connectivity index (χ1n) is 5.56. The van der Waals surface area contributed by atoms with Crippen molar-refractivity contribution in [3.8, 4) is 0 Å². The zero-order valence-corrected chi connectivity index (χ0v) is 11.1. The molecule has 2 N–H and O–H groups in total. The van der Waals surface area contributed by atoms with E-state index in [9.17, 15) is 0 Å². The third-order valence-electron chi connectivity index (χ3n) is 2.13. The Bertz CT molecular complexity index is 383. The molecule has 0 saturated heterocycles. The maximum Gasteiger partial charge on any atom is 0.225 e. The molecule has 0 aliphatic rings. The summed E-state index contributed by atoms with van der Waals surface area (Å²) in [7, 11) is 0. The molecule has 0 aliphatic heterocycles. The van der Waals surface area contributed by atoms with Crippen LogP contribution in [0.25, 0.3) is 0 Å². The summed E-state index contributed by atoms with van der Waals surface area (Å²) in [6.45, 7) is 10.0. The summed E-state index contributed by atoms with van der Waals surface area (Å²) in [6.07, 6.45) is 0. The Kier molecular flexibility index (Phi) is 4.67. The van der Waals surface area contributed by atoms with Gasteiger partial charge in [0.2, 0.25) is 16.7 Å². The highest BCUT2D eigenvalue weighted by molar-refractivity contribution is 7.71. The third-order valence-corrected chi connectivity index (χ3v) is 2.31. The summed E-state index contributed by atoms with van der Waals surface area (Å²) in [5.74, 6) is 1.45. The second kappa shape index (κ2) is 5.79. The van der Waals surface area contributed by atoms with Gasteiger partial charge in [-0.2, -0.15) is 9.97 Å². The fraction of sp³-hybridized carbons (Fsp3) is 0.700. The van der Waals surface area contributed by atoms with Gasteiger partial charge < -0.3 is 10.2 Å². The Hall–Kier alpha value is -1.17. The molecule has 0 radical (unpaired) electrons. The van der Waals surface area contributed by atoms with Crippen molar-refractivity contribution in [1.29, 1.82) is 0 Å². The van der Waals surface area contributed by atoms with E-state index in [1.54, 1.807) is 0 Å². The molecule has 0 bridgehead atoms. The van der Waals surface area contributed by atoms with E-state index in [1.807, 2.05) is 0 Å². The molecule has 1 heterocycles. The zero-order chi connectivity index (χ0) is 12.1. The van der Waals surface area contributed by atoms with Gasteiger partial charge in [0.15, 0.2) is 0 Å². The summed E-state index contributed by atoms with van der Waals surface area (Å²) in [4.78, 5) is 13.6. The Balaban J connectivity index is 3.02. The molecule has 5 nitrogen and oxygen atoms in total. The lowest BCUT2D eigenvalue weighted by molar-refractivity contribution is 0.798. The first kappa shape index (κ1) is 12.9. The van der Waals surface area contributed by atoms with E-state index in [4.69, 9.17) is 12.2 Å². The maximum absolute atomic E-state index is 5.05. The van der Waals surface area contributed by atoms with Crippen LogP contribution >= 0.6 is 12.2 Å². The molecule has 1 aromatic heterocycles. The van der Waals surface area contributed by atoms with Crippen LogP contribution in [0.1, 0.15) is 27.7 Å². The van der Waals surface area contributed by atoms with Crippen LogP contribution in [0.3, 0.4) is 0 Å². The zero-order valence-electron chi connectivity index (χ0n) is 10.2. The van der Waals surface area contributed by atoms with Gasteiger partial charge in [-0.05, 0) is 39.9 Å². The predicted octanol–water partition coefficient (Wildman–Crippen LogP) is 2.20. The van der Waals surface area contributed by atoms with Crippen LogP contribution in [0.4, 0.5) is 11.9 Å². The molecular weight excluding hydrogens is 222 g/mol. The molecule has 0 amide bonds. The van der Waals surface area contributed by atoms with E-state index >= 15 is 0 Å². The SMILES string of the molecule is CCN(CC)c1nc(=S)nc(NC(C)C)[nH]1. The van der Waals surface area contributed by atoms with Crippen LogP contribution in [0.15, 0.2) is 0 Å². The van der Waals surface area contributed by atoms with E-state index in [0.717, 1.165) is 19.0 Å². The third kappa shape index (κ3) is 3.44. The maximum atomic E-state index is 5.05. The molecule has 0 saturated carbocycles. The van der Waals surface area contributed by atoms with E-state index in [1.165, 1.54) is 0 Å². The smallest absolute Gasteiger partial charge is 0.225 e. The van der Waals surface area contributed by atoms with Gasteiger partial charge in [-0.3, -0.25) is 4.98 Å². The number of H-pyrrole nitrogens is 1. The van der Waals surface area contributed by atoms with Crippen LogP contribution in [0, 0.1) is 4.77 Å². The van der Waals surface area contributed by atoms with Crippen molar-refractivity contribution in [3.63, 3.8) is 0 Å². The van der Waals surface area contributed by atoms with Gasteiger partial charge >= 0.3 is 0 Å². The summed E-state index contributed by atoms with van der Waals surface area (Å²) >= 11 is 5.05. The summed E-state index contributed by atoms with van der Waals surface area (Å²) in [6, 6.07) is 0.310. The minimum absolute atomic E-state index is 0.310. The first-order chi connectivity index (χ1) is 7.56. The van der Waals surface area contributed by atoms with Crippen molar-refractivity contribution >= 4 is 24.1 Å². The van der Waals surface area contributed by atoms with Crippen molar-refractivity contribution in [2.24, 2.45) is 0 Å². The number of hydrogen-bond acceptors (Lipinski definition) is 5. The minimum atomic E-state index is 0.310. The Morgan fingerprint density at radius 1 is 1.31 bits per heavy atom. The van der Waals surface area contributed by atoms with Gasteiger partial charge in [0.1, 0.15) is 0 Å². The van der Waals surface area contributed by atoms with Crippen molar-refractivity contribution in [2.75, 3.05) is 23.3 Å². The molecule has 1 rings (SSSR count). The predicted molar refractivity (Wildman–Crippen MR) is 69.5 cm³/mol. The number of hydrogen-bond donors (Lipinski definition) is 2. The topological polar surface area (TPSA) is 56.8 Å². The van der Waals surface area contributed by atoms with E-state index in [0.29, 0.717) is 16.8 Å². The van der Waals surface area contributed by atoms with Gasteiger partial charge in [-0.1, -0.05) is 0 Å². The van der Waals surface area contributed by atoms with Gasteiger partial charge in [-0.15, -0.1) is 0 Å². The van der Waals surface area contributed by atoms with Crippen molar-refractivity contribution < 1.29 is 0 Å². The van der Waals surface area contributed by atoms with Crippen LogP contribution < -0.4 is 10.2 Å². The first-order valence-corrected chi connectivity index (χ1v) is 5.97. The van der Waals surface area contributed by atoms with Crippen molar-refractivity contribution in [1.82, 2.24) is 15.0 Å². The van der Waals surface area contributed by atoms with E-state index in [2.05, 4.69) is 52.9 Å². The van der Waals surface area contributed by atoms with E-state index in [-0.39, 0.29) is 0 Å². The minimum Gasteiger partial charge on any atom is -0.353 e. The molecule has 0 aliphatic carbocycles. The molecular formula is C10H19N5S. The number of aromatic nitrogens is 3. The molecule has 0 aromatic carbocycles. The van der Waals surface area contributed by atoms with Gasteiger partial charge in [-0.25, -0.2) is 0 Å². The van der Waals surface area contributed by atoms with Gasteiger partial charge in [0, 0.05) is 19.1 Å². The number of nitrogens with one attached hydrogen (secondary N) is 2. The second-order valence-corrected chi connectivity index (χ2v) is 4.14. The fourth-order valence-corrected chi connectivity index (χ4v) is 1.57. The average Bonchev–Trinajstić information content (AvgIpc) is 2.17. The quantitative estimate of drug-likeness (QED) is 0.774. The molecule has 16 heavy (non-hydrogen) atoms. The number of rotatable bonds is 5. The lowest BCUT2D eigenvalue weighted by Gasteiger charge is -2.20. The summed E-state index contributed by atoms with van der Waals surface area (Å²) in [5, 5.41) is 3.19. The Morgan fingerprint density at radius 3 is 2.44 bits per heavy atom. The van der Waals surface area contributed by atoms with Crippen molar-refractivity contribution in [2.45, 2.75) is 33.7 Å². The number of nitrogens with zero attached hydrogens (tertiary/aromatic N) is 3. The molecule has 0 atom stereocenters. The van der Waals surface area contributed by atoms with Crippen LogP contribution in [0.5, 0.6) is 0 Å². The molecule has 6 heteroatoms.